The third kappa shape index (κ3) is 3.59. The van der Waals surface area contributed by atoms with Crippen molar-refractivity contribution >= 4 is 11.8 Å². The molecule has 2 aliphatic heterocycles. The first-order chi connectivity index (χ1) is 11.7. The Morgan fingerprint density at radius 3 is 3.00 bits per heavy atom. The number of piperazine rings is 1. The van der Waals surface area contributed by atoms with Crippen molar-refractivity contribution in [1.29, 1.82) is 0 Å². The number of hydrogen-bond donors (Lipinski definition) is 2. The molecule has 2 amide bonds. The third-order valence-corrected chi connectivity index (χ3v) is 4.73. The second-order valence-electron chi connectivity index (χ2n) is 6.30. The molecule has 2 N–H and O–H groups in total. The van der Waals surface area contributed by atoms with Gasteiger partial charge in [-0.25, -0.2) is 0 Å². The number of rotatable bonds is 5. The number of methoxy groups -OCH3 is 1. The Hall–Kier alpha value is -1.93. The van der Waals surface area contributed by atoms with Crippen LogP contribution >= 0.6 is 0 Å². The normalized spacial score (nSPS) is 22.0. The van der Waals surface area contributed by atoms with Crippen molar-refractivity contribution < 1.29 is 14.3 Å². The van der Waals surface area contributed by atoms with Gasteiger partial charge in [0.1, 0.15) is 6.54 Å². The van der Waals surface area contributed by atoms with Crippen LogP contribution in [-0.4, -0.2) is 78.3 Å². The number of nitrogens with zero attached hydrogens (tertiary/aromatic N) is 3. The summed E-state index contributed by atoms with van der Waals surface area (Å²) in [4.78, 5) is 28.4. The summed E-state index contributed by atoms with van der Waals surface area (Å²) >= 11 is 0. The lowest BCUT2D eigenvalue weighted by Gasteiger charge is -2.34. The van der Waals surface area contributed by atoms with E-state index < -0.39 is 0 Å². The van der Waals surface area contributed by atoms with E-state index in [0.29, 0.717) is 31.8 Å². The molecule has 2 aliphatic rings. The molecule has 24 heavy (non-hydrogen) atoms. The van der Waals surface area contributed by atoms with Crippen LogP contribution in [0.25, 0.3) is 0 Å². The fraction of sp³-hybridized carbons (Fsp3) is 0.688. The predicted octanol–water partition coefficient (Wildman–Crippen LogP) is 0.155. The van der Waals surface area contributed by atoms with Crippen molar-refractivity contribution in [3.63, 3.8) is 0 Å². The Balaban J connectivity index is 1.65. The second kappa shape index (κ2) is 7.76. The number of aromatic nitrogens is 2. The van der Waals surface area contributed by atoms with Crippen molar-refractivity contribution in [2.24, 2.45) is 0 Å². The van der Waals surface area contributed by atoms with Crippen LogP contribution in [0.5, 0.6) is 0 Å². The lowest BCUT2D eigenvalue weighted by atomic mass is 9.99. The molecule has 2 fully saturated rings. The lowest BCUT2D eigenvalue weighted by molar-refractivity contribution is -0.135. The summed E-state index contributed by atoms with van der Waals surface area (Å²) in [5.41, 5.74) is 1.42. The zero-order valence-corrected chi connectivity index (χ0v) is 14.1. The largest absolute Gasteiger partial charge is 0.383 e. The molecular weight excluding hydrogens is 310 g/mol. The molecule has 0 spiro atoms. The number of carbonyl (C=O) groups is 2. The molecule has 8 heteroatoms. The zero-order chi connectivity index (χ0) is 16.9. The van der Waals surface area contributed by atoms with Gasteiger partial charge in [-0.1, -0.05) is 6.42 Å². The molecule has 0 radical (unpaired) electrons. The summed E-state index contributed by atoms with van der Waals surface area (Å²) in [6.45, 7) is 3.23. The van der Waals surface area contributed by atoms with Gasteiger partial charge < -0.3 is 19.9 Å². The molecule has 8 nitrogen and oxygen atoms in total. The molecule has 2 saturated heterocycles. The van der Waals surface area contributed by atoms with E-state index in [0.717, 1.165) is 31.5 Å². The maximum absolute atomic E-state index is 12.8. The number of hydrogen-bond acceptors (Lipinski definition) is 5. The quantitative estimate of drug-likeness (QED) is 0.800. The second-order valence-corrected chi connectivity index (χ2v) is 6.30. The summed E-state index contributed by atoms with van der Waals surface area (Å²) < 4.78 is 5.02. The van der Waals surface area contributed by atoms with Crippen LogP contribution in [0.3, 0.4) is 0 Å². The molecule has 1 aromatic heterocycles. The predicted molar refractivity (Wildman–Crippen MR) is 87.5 cm³/mol. The summed E-state index contributed by atoms with van der Waals surface area (Å²) in [6.07, 6.45) is 4.87. The minimum Gasteiger partial charge on any atom is -0.383 e. The monoisotopic (exact) mass is 335 g/mol. The van der Waals surface area contributed by atoms with Gasteiger partial charge in [0.05, 0.1) is 24.1 Å². The van der Waals surface area contributed by atoms with Crippen LogP contribution in [0.4, 0.5) is 0 Å². The number of carbonyl (C=O) groups excluding carboxylic acids is 2. The van der Waals surface area contributed by atoms with E-state index in [4.69, 9.17) is 4.74 Å². The molecule has 0 saturated carbocycles. The first kappa shape index (κ1) is 16.9. The maximum Gasteiger partial charge on any atom is 0.257 e. The van der Waals surface area contributed by atoms with Crippen LogP contribution < -0.4 is 5.32 Å². The van der Waals surface area contributed by atoms with Crippen LogP contribution in [0.15, 0.2) is 6.20 Å². The van der Waals surface area contributed by atoms with E-state index in [1.165, 1.54) is 0 Å². The van der Waals surface area contributed by atoms with Gasteiger partial charge in [-0.3, -0.25) is 14.7 Å². The number of nitrogens with one attached hydrogen (secondary N) is 2. The van der Waals surface area contributed by atoms with Gasteiger partial charge in [0, 0.05) is 32.8 Å². The molecule has 3 heterocycles. The Kier molecular flexibility index (Phi) is 5.47. The topological polar surface area (TPSA) is 90.6 Å². The van der Waals surface area contributed by atoms with Crippen molar-refractivity contribution in [1.82, 2.24) is 25.3 Å². The van der Waals surface area contributed by atoms with Crippen LogP contribution in [0.1, 0.15) is 41.4 Å². The van der Waals surface area contributed by atoms with Gasteiger partial charge in [-0.15, -0.1) is 0 Å². The summed E-state index contributed by atoms with van der Waals surface area (Å²) in [6, 6.07) is 0.138. The first-order valence-corrected chi connectivity index (χ1v) is 8.53. The zero-order valence-electron chi connectivity index (χ0n) is 14.1. The van der Waals surface area contributed by atoms with E-state index in [1.54, 1.807) is 23.1 Å². The number of ether oxygens (including phenoxy) is 1. The highest BCUT2D eigenvalue weighted by Gasteiger charge is 2.31. The number of aromatic amines is 1. The molecular formula is C16H25N5O3. The molecule has 3 rings (SSSR count). The average Bonchev–Trinajstić information content (AvgIpc) is 3.10. The molecule has 0 aromatic carbocycles. The van der Waals surface area contributed by atoms with Gasteiger partial charge in [0.2, 0.25) is 5.91 Å². The molecule has 1 aromatic rings. The highest BCUT2D eigenvalue weighted by Crippen LogP contribution is 2.25. The smallest absolute Gasteiger partial charge is 0.257 e. The molecule has 0 bridgehead atoms. The summed E-state index contributed by atoms with van der Waals surface area (Å²) in [7, 11) is 1.62. The Labute approximate surface area is 141 Å². The Bertz CT molecular complexity index is 582. The highest BCUT2D eigenvalue weighted by atomic mass is 16.5. The fourth-order valence-corrected chi connectivity index (χ4v) is 3.32. The van der Waals surface area contributed by atoms with E-state index in [2.05, 4.69) is 15.5 Å². The molecule has 132 valence electrons. The summed E-state index contributed by atoms with van der Waals surface area (Å²) in [5.74, 6) is -0.154. The minimum absolute atomic E-state index is 0.0347. The van der Waals surface area contributed by atoms with E-state index in [-0.39, 0.29) is 24.4 Å². The van der Waals surface area contributed by atoms with Gasteiger partial charge in [-0.2, -0.15) is 5.10 Å². The van der Waals surface area contributed by atoms with Crippen molar-refractivity contribution in [3.8, 4) is 0 Å². The van der Waals surface area contributed by atoms with Crippen molar-refractivity contribution in [2.75, 3.05) is 46.4 Å². The average molecular weight is 335 g/mol. The van der Waals surface area contributed by atoms with Crippen molar-refractivity contribution in [2.45, 2.75) is 25.3 Å². The number of amides is 2. The van der Waals surface area contributed by atoms with E-state index in [9.17, 15) is 9.59 Å². The first-order valence-electron chi connectivity index (χ1n) is 8.53. The standard InChI is InChI=1S/C16H25N5O3/c1-24-9-8-20-6-7-21(11-14(20)22)16(23)12-10-18-19-15(12)13-4-2-3-5-17-13/h10,13,17H,2-9,11H2,1H3,(H,18,19). The SMILES string of the molecule is COCCN1CCN(C(=O)c2cn[nH]c2C2CCCCN2)CC1=O. The van der Waals surface area contributed by atoms with E-state index >= 15 is 0 Å². The Morgan fingerprint density at radius 2 is 2.29 bits per heavy atom. The third-order valence-electron chi connectivity index (χ3n) is 4.73. The Morgan fingerprint density at radius 1 is 1.42 bits per heavy atom. The molecule has 1 unspecified atom stereocenters. The maximum atomic E-state index is 12.8. The van der Waals surface area contributed by atoms with Crippen LogP contribution in [0, 0.1) is 0 Å². The highest BCUT2D eigenvalue weighted by molar-refractivity contribution is 5.97. The number of piperidine rings is 1. The van der Waals surface area contributed by atoms with Gasteiger partial charge in [-0.05, 0) is 19.4 Å². The summed E-state index contributed by atoms with van der Waals surface area (Å²) in [5, 5.41) is 10.5. The van der Waals surface area contributed by atoms with Gasteiger partial charge in [0.15, 0.2) is 0 Å². The van der Waals surface area contributed by atoms with E-state index in [1.807, 2.05) is 0 Å². The fourth-order valence-electron chi connectivity index (χ4n) is 3.32. The molecule has 1 atom stereocenters. The minimum atomic E-state index is -0.120. The lowest BCUT2D eigenvalue weighted by Crippen LogP contribution is -2.53. The number of H-pyrrole nitrogens is 1. The van der Waals surface area contributed by atoms with Crippen LogP contribution in [0.2, 0.25) is 0 Å². The molecule has 0 aliphatic carbocycles. The van der Waals surface area contributed by atoms with Gasteiger partial charge >= 0.3 is 0 Å². The van der Waals surface area contributed by atoms with Gasteiger partial charge in [0.25, 0.3) is 5.91 Å². The van der Waals surface area contributed by atoms with Crippen molar-refractivity contribution in [3.05, 3.63) is 17.5 Å². The van der Waals surface area contributed by atoms with Crippen LogP contribution in [-0.2, 0) is 9.53 Å².